The van der Waals surface area contributed by atoms with E-state index in [0.29, 0.717) is 11.9 Å². The summed E-state index contributed by atoms with van der Waals surface area (Å²) >= 11 is 0. The van der Waals surface area contributed by atoms with Crippen LogP contribution in [0.25, 0.3) is 22.0 Å². The first kappa shape index (κ1) is 19.5. The Morgan fingerprint density at radius 2 is 1.74 bits per heavy atom. The Morgan fingerprint density at radius 3 is 2.41 bits per heavy atom. The van der Waals surface area contributed by atoms with Crippen molar-refractivity contribution in [3.8, 4) is 11.1 Å². The van der Waals surface area contributed by atoms with E-state index in [1.54, 1.807) is 24.4 Å². The van der Waals surface area contributed by atoms with Crippen LogP contribution in [0.5, 0.6) is 0 Å². The van der Waals surface area contributed by atoms with Crippen molar-refractivity contribution >= 4 is 20.9 Å². The molecule has 0 fully saturated rings. The lowest BCUT2D eigenvalue weighted by Gasteiger charge is -2.21. The van der Waals surface area contributed by atoms with Crippen molar-refractivity contribution in [2.45, 2.75) is 11.3 Å². The number of aromatic amines is 1. The summed E-state index contributed by atoms with van der Waals surface area (Å²) in [6, 6.07) is 10.9. The molecule has 0 atom stereocenters. The minimum atomic E-state index is -3.76. The molecule has 3 N–H and O–H groups in total. The first-order valence-corrected chi connectivity index (χ1v) is 10.0. The number of hydrogen-bond donors (Lipinski definition) is 3. The third-order valence-corrected chi connectivity index (χ3v) is 6.27. The average molecular weight is 392 g/mol. The largest absolute Gasteiger partial charge is 0.396 e. The van der Waals surface area contributed by atoms with E-state index in [9.17, 15) is 12.8 Å². The highest BCUT2D eigenvalue weighted by Gasteiger charge is 2.23. The van der Waals surface area contributed by atoms with Crippen molar-refractivity contribution in [3.63, 3.8) is 0 Å². The number of aromatic nitrogens is 1. The van der Waals surface area contributed by atoms with E-state index in [1.807, 2.05) is 0 Å². The van der Waals surface area contributed by atoms with Gasteiger partial charge in [-0.1, -0.05) is 12.1 Å². The topological polar surface area (TPSA) is 93.6 Å². The third-order valence-electron chi connectivity index (χ3n) is 4.36. The number of halogens is 1. The molecule has 3 rings (SSSR count). The molecule has 3 aromatic rings. The minimum absolute atomic E-state index is 0.0297. The van der Waals surface area contributed by atoms with Crippen molar-refractivity contribution in [1.82, 2.24) is 9.29 Å². The van der Waals surface area contributed by atoms with Gasteiger partial charge in [0.15, 0.2) is 0 Å². The number of hydrogen-bond acceptors (Lipinski definition) is 4. The van der Waals surface area contributed by atoms with Crippen molar-refractivity contribution < 1.29 is 23.0 Å². The van der Waals surface area contributed by atoms with Gasteiger partial charge in [0.1, 0.15) is 5.82 Å². The standard InChI is InChI=1S/C19H21FN2O4S/c20-15-4-7-17-18(13-21-19(17)12-15)14-2-5-16(6-3-14)27(25,26)22(9-11-24)8-1-10-23/h2-7,12-13,21,23-24H,1,8-11H2. The number of benzene rings is 2. The number of aliphatic hydroxyl groups is 2. The van der Waals surface area contributed by atoms with Gasteiger partial charge in [0.2, 0.25) is 10.0 Å². The Hall–Kier alpha value is -2.26. The predicted molar refractivity (Wildman–Crippen MR) is 101 cm³/mol. The fourth-order valence-corrected chi connectivity index (χ4v) is 4.47. The van der Waals surface area contributed by atoms with Crippen molar-refractivity contribution in [2.24, 2.45) is 0 Å². The normalized spacial score (nSPS) is 12.1. The van der Waals surface area contributed by atoms with Gasteiger partial charge in [0.05, 0.1) is 11.5 Å². The van der Waals surface area contributed by atoms with E-state index in [2.05, 4.69) is 4.98 Å². The van der Waals surface area contributed by atoms with Crippen LogP contribution in [0.1, 0.15) is 6.42 Å². The molecule has 2 aromatic carbocycles. The molecule has 1 heterocycles. The zero-order valence-corrected chi connectivity index (χ0v) is 15.4. The van der Waals surface area contributed by atoms with Crippen LogP contribution in [-0.4, -0.2) is 54.2 Å². The van der Waals surface area contributed by atoms with Gasteiger partial charge in [-0.25, -0.2) is 12.8 Å². The van der Waals surface area contributed by atoms with Gasteiger partial charge >= 0.3 is 0 Å². The minimum Gasteiger partial charge on any atom is -0.396 e. The second-order valence-corrected chi connectivity index (χ2v) is 8.06. The molecule has 0 aliphatic rings. The van der Waals surface area contributed by atoms with E-state index in [4.69, 9.17) is 10.2 Å². The summed E-state index contributed by atoms with van der Waals surface area (Å²) < 4.78 is 40.0. The maximum absolute atomic E-state index is 13.3. The van der Waals surface area contributed by atoms with E-state index in [0.717, 1.165) is 20.8 Å². The SMILES string of the molecule is O=S(=O)(c1ccc(-c2c[nH]c3cc(F)ccc23)cc1)N(CCO)CCCO. The highest BCUT2D eigenvalue weighted by Crippen LogP contribution is 2.30. The number of nitrogens with one attached hydrogen (secondary N) is 1. The van der Waals surface area contributed by atoms with Gasteiger partial charge in [-0.3, -0.25) is 0 Å². The molecule has 0 aliphatic carbocycles. The smallest absolute Gasteiger partial charge is 0.243 e. The van der Waals surface area contributed by atoms with Gasteiger partial charge in [0.25, 0.3) is 0 Å². The summed E-state index contributed by atoms with van der Waals surface area (Å²) in [6.07, 6.45) is 2.05. The maximum atomic E-state index is 13.3. The zero-order valence-electron chi connectivity index (χ0n) is 14.6. The van der Waals surface area contributed by atoms with Crippen molar-refractivity contribution in [1.29, 1.82) is 0 Å². The molecule has 0 radical (unpaired) electrons. The lowest BCUT2D eigenvalue weighted by atomic mass is 10.1. The molecule has 144 valence electrons. The van der Waals surface area contributed by atoms with Gasteiger partial charge in [-0.2, -0.15) is 4.31 Å². The second kappa shape index (κ2) is 8.18. The van der Waals surface area contributed by atoms with Crippen LogP contribution in [-0.2, 0) is 10.0 Å². The molecule has 27 heavy (non-hydrogen) atoms. The first-order chi connectivity index (χ1) is 13.0. The average Bonchev–Trinajstić information content (AvgIpc) is 3.08. The Labute approximate surface area is 156 Å². The number of rotatable bonds is 8. The molecule has 0 aliphatic heterocycles. The van der Waals surface area contributed by atoms with E-state index in [1.165, 1.54) is 24.3 Å². The van der Waals surface area contributed by atoms with Gasteiger partial charge in [0, 0.05) is 42.4 Å². The fourth-order valence-electron chi connectivity index (χ4n) is 3.00. The van der Waals surface area contributed by atoms with Crippen molar-refractivity contribution in [3.05, 3.63) is 54.5 Å². The second-order valence-electron chi connectivity index (χ2n) is 6.12. The first-order valence-electron chi connectivity index (χ1n) is 8.56. The molecular formula is C19H21FN2O4S. The Balaban J connectivity index is 1.91. The molecule has 6 nitrogen and oxygen atoms in total. The summed E-state index contributed by atoms with van der Waals surface area (Å²) in [4.78, 5) is 3.13. The molecule has 0 saturated heterocycles. The molecule has 0 spiro atoms. The van der Waals surface area contributed by atoms with Gasteiger partial charge < -0.3 is 15.2 Å². The van der Waals surface area contributed by atoms with Crippen LogP contribution in [0, 0.1) is 5.82 Å². The van der Waals surface area contributed by atoms with E-state index < -0.39 is 10.0 Å². The number of sulfonamides is 1. The number of fused-ring (bicyclic) bond motifs is 1. The quantitative estimate of drug-likeness (QED) is 0.549. The van der Waals surface area contributed by atoms with Crippen LogP contribution < -0.4 is 0 Å². The molecule has 1 aromatic heterocycles. The summed E-state index contributed by atoms with van der Waals surface area (Å²) in [5.74, 6) is -0.329. The fraction of sp³-hybridized carbons (Fsp3) is 0.263. The van der Waals surface area contributed by atoms with Gasteiger partial charge in [-0.05, 0) is 42.3 Å². The lowest BCUT2D eigenvalue weighted by Crippen LogP contribution is -2.34. The molecule has 0 bridgehead atoms. The lowest BCUT2D eigenvalue weighted by molar-refractivity contribution is 0.234. The van der Waals surface area contributed by atoms with Crippen LogP contribution in [0.15, 0.2) is 53.6 Å². The van der Waals surface area contributed by atoms with E-state index in [-0.39, 0.29) is 37.0 Å². The van der Waals surface area contributed by atoms with Crippen LogP contribution in [0.3, 0.4) is 0 Å². The van der Waals surface area contributed by atoms with Crippen LogP contribution in [0.4, 0.5) is 4.39 Å². The molecule has 0 saturated carbocycles. The zero-order chi connectivity index (χ0) is 19.4. The van der Waals surface area contributed by atoms with Gasteiger partial charge in [-0.15, -0.1) is 0 Å². The number of aliphatic hydroxyl groups excluding tert-OH is 2. The van der Waals surface area contributed by atoms with Crippen LogP contribution >= 0.6 is 0 Å². The molecule has 0 unspecified atom stereocenters. The van der Waals surface area contributed by atoms with Crippen LogP contribution in [0.2, 0.25) is 0 Å². The molecular weight excluding hydrogens is 371 g/mol. The highest BCUT2D eigenvalue weighted by molar-refractivity contribution is 7.89. The number of nitrogens with zero attached hydrogens (tertiary/aromatic N) is 1. The van der Waals surface area contributed by atoms with E-state index >= 15 is 0 Å². The highest BCUT2D eigenvalue weighted by atomic mass is 32.2. The molecule has 8 heteroatoms. The Kier molecular flexibility index (Phi) is 5.91. The Bertz CT molecular complexity index is 1020. The monoisotopic (exact) mass is 392 g/mol. The summed E-state index contributed by atoms with van der Waals surface area (Å²) in [6.45, 7) is -0.320. The summed E-state index contributed by atoms with van der Waals surface area (Å²) in [7, 11) is -3.76. The Morgan fingerprint density at radius 1 is 1.00 bits per heavy atom. The predicted octanol–water partition coefficient (Wildman–Crippen LogP) is 2.34. The maximum Gasteiger partial charge on any atom is 0.243 e. The third kappa shape index (κ3) is 4.03. The summed E-state index contributed by atoms with van der Waals surface area (Å²) in [5.41, 5.74) is 2.32. The molecule has 0 amide bonds. The number of H-pyrrole nitrogens is 1. The summed E-state index contributed by atoms with van der Waals surface area (Å²) in [5, 5.41) is 18.9. The van der Waals surface area contributed by atoms with Crippen molar-refractivity contribution in [2.75, 3.05) is 26.3 Å².